The van der Waals surface area contributed by atoms with Crippen molar-refractivity contribution in [2.45, 2.75) is 45.9 Å². The summed E-state index contributed by atoms with van der Waals surface area (Å²) in [6.07, 6.45) is 0.509. The monoisotopic (exact) mass is 397 g/mol. The topological polar surface area (TPSA) is 81.7 Å². The van der Waals surface area contributed by atoms with E-state index in [0.717, 1.165) is 11.1 Å². The third kappa shape index (κ3) is 7.87. The number of hydrogen-bond donors (Lipinski definition) is 1. The van der Waals surface area contributed by atoms with Crippen LogP contribution in [0.2, 0.25) is 0 Å². The van der Waals surface area contributed by atoms with Crippen molar-refractivity contribution in [3.8, 4) is 0 Å². The van der Waals surface area contributed by atoms with Crippen LogP contribution in [0.5, 0.6) is 0 Å². The maximum absolute atomic E-state index is 12.1. The van der Waals surface area contributed by atoms with Gasteiger partial charge in [0.2, 0.25) is 0 Å². The van der Waals surface area contributed by atoms with Crippen molar-refractivity contribution in [3.63, 3.8) is 0 Å². The summed E-state index contributed by atoms with van der Waals surface area (Å²) in [6.45, 7) is 5.34. The number of rotatable bonds is 10. The number of amides is 1. The van der Waals surface area contributed by atoms with Crippen molar-refractivity contribution in [3.05, 3.63) is 71.3 Å². The summed E-state index contributed by atoms with van der Waals surface area (Å²) in [5.41, 5.74) is 2.23. The van der Waals surface area contributed by atoms with Gasteiger partial charge in [-0.1, -0.05) is 42.5 Å². The fourth-order valence-electron chi connectivity index (χ4n) is 2.60. The van der Waals surface area contributed by atoms with Gasteiger partial charge in [-0.05, 0) is 50.5 Å². The Morgan fingerprint density at radius 1 is 0.931 bits per heavy atom. The van der Waals surface area contributed by atoms with Crippen LogP contribution in [0.1, 0.15) is 42.3 Å². The number of ether oxygens (including phenoxy) is 2. The first-order valence-corrected chi connectivity index (χ1v) is 9.56. The number of Topliss-reactive ketones (excluding diaryl/α,β-unsaturated/α-hetero) is 1. The molecule has 154 valence electrons. The van der Waals surface area contributed by atoms with Gasteiger partial charge < -0.3 is 14.8 Å². The number of ketones is 1. The molecule has 0 saturated heterocycles. The van der Waals surface area contributed by atoms with E-state index in [-0.39, 0.29) is 11.9 Å². The van der Waals surface area contributed by atoms with Gasteiger partial charge in [-0.15, -0.1) is 0 Å². The van der Waals surface area contributed by atoms with Gasteiger partial charge in [0.1, 0.15) is 0 Å². The molecule has 0 spiro atoms. The number of benzene rings is 2. The molecule has 0 radical (unpaired) electrons. The lowest BCUT2D eigenvalue weighted by atomic mass is 10.0. The molecule has 2 aromatic carbocycles. The zero-order chi connectivity index (χ0) is 21.2. The van der Waals surface area contributed by atoms with Crippen LogP contribution in [0.25, 0.3) is 0 Å². The largest absolute Gasteiger partial charge is 0.452 e. The fraction of sp³-hybridized carbons (Fsp3) is 0.348. The first-order valence-electron chi connectivity index (χ1n) is 9.56. The Hall–Kier alpha value is -2.99. The zero-order valence-corrected chi connectivity index (χ0v) is 17.0. The Balaban J connectivity index is 1.83. The fourth-order valence-corrected chi connectivity index (χ4v) is 2.60. The van der Waals surface area contributed by atoms with Gasteiger partial charge in [-0.3, -0.25) is 9.59 Å². The average molecular weight is 397 g/mol. The van der Waals surface area contributed by atoms with Crippen LogP contribution < -0.4 is 5.32 Å². The second-order valence-electron chi connectivity index (χ2n) is 7.05. The maximum Gasteiger partial charge on any atom is 0.338 e. The molecule has 0 bridgehead atoms. The molecular formula is C23H27NO5. The van der Waals surface area contributed by atoms with Crippen LogP contribution in [-0.4, -0.2) is 36.4 Å². The summed E-state index contributed by atoms with van der Waals surface area (Å²) in [5, 5.41) is 2.63. The van der Waals surface area contributed by atoms with E-state index in [1.54, 1.807) is 24.3 Å². The van der Waals surface area contributed by atoms with Crippen LogP contribution in [0.3, 0.4) is 0 Å². The normalized spacial score (nSPS) is 11.7. The Bertz CT molecular complexity index is 815. The van der Waals surface area contributed by atoms with E-state index in [2.05, 4.69) is 5.32 Å². The molecule has 0 aromatic heterocycles. The Morgan fingerprint density at radius 2 is 1.59 bits per heavy atom. The van der Waals surface area contributed by atoms with Crippen molar-refractivity contribution in [1.29, 1.82) is 0 Å². The molecule has 1 N–H and O–H groups in total. The molecule has 0 saturated carbocycles. The van der Waals surface area contributed by atoms with Gasteiger partial charge >= 0.3 is 5.97 Å². The predicted octanol–water partition coefficient (Wildman–Crippen LogP) is 3.08. The standard InChI is InChI=1S/C23H27NO5/c1-16(2)28-14-19-9-11-20(12-10-19)23(27)29-15-22(26)24-21(17(3)25)13-18-7-5-4-6-8-18/h4-12,16,21H,13-15H2,1-3H3,(H,24,26)/t21-/m0/s1. The number of carbonyl (C=O) groups is 3. The lowest BCUT2D eigenvalue weighted by molar-refractivity contribution is -0.128. The molecule has 0 aliphatic carbocycles. The first-order chi connectivity index (χ1) is 13.8. The van der Waals surface area contributed by atoms with Gasteiger partial charge in [-0.25, -0.2) is 4.79 Å². The highest BCUT2D eigenvalue weighted by molar-refractivity contribution is 5.92. The minimum absolute atomic E-state index is 0.124. The van der Waals surface area contributed by atoms with Crippen molar-refractivity contribution in [2.75, 3.05) is 6.61 Å². The van der Waals surface area contributed by atoms with Crippen LogP contribution in [0.4, 0.5) is 0 Å². The molecule has 2 rings (SSSR count). The Labute approximate surface area is 171 Å². The van der Waals surface area contributed by atoms with E-state index in [1.165, 1.54) is 6.92 Å². The summed E-state index contributed by atoms with van der Waals surface area (Å²) < 4.78 is 10.6. The van der Waals surface area contributed by atoms with E-state index in [9.17, 15) is 14.4 Å². The predicted molar refractivity (Wildman–Crippen MR) is 109 cm³/mol. The van der Waals surface area contributed by atoms with Crippen LogP contribution in [0, 0.1) is 0 Å². The number of esters is 1. The van der Waals surface area contributed by atoms with Crippen molar-refractivity contribution in [1.82, 2.24) is 5.32 Å². The quantitative estimate of drug-likeness (QED) is 0.623. The minimum atomic E-state index is -0.663. The molecule has 0 heterocycles. The van der Waals surface area contributed by atoms with Crippen LogP contribution >= 0.6 is 0 Å². The van der Waals surface area contributed by atoms with E-state index < -0.39 is 24.5 Å². The molecular weight excluding hydrogens is 370 g/mol. The SMILES string of the molecule is CC(=O)[C@H](Cc1ccccc1)NC(=O)COC(=O)c1ccc(COC(C)C)cc1. The summed E-state index contributed by atoms with van der Waals surface area (Å²) in [5.74, 6) is -1.27. The average Bonchev–Trinajstić information content (AvgIpc) is 2.71. The van der Waals surface area contributed by atoms with Crippen LogP contribution in [-0.2, 0) is 32.1 Å². The Morgan fingerprint density at radius 3 is 2.17 bits per heavy atom. The van der Waals surface area contributed by atoms with Gasteiger partial charge in [0, 0.05) is 0 Å². The summed E-state index contributed by atoms with van der Waals surface area (Å²) >= 11 is 0. The first kappa shape index (κ1) is 22.3. The molecule has 6 heteroatoms. The van der Waals surface area contributed by atoms with Gasteiger partial charge in [0.25, 0.3) is 5.91 Å². The van der Waals surface area contributed by atoms with E-state index in [0.29, 0.717) is 18.6 Å². The van der Waals surface area contributed by atoms with Crippen molar-refractivity contribution >= 4 is 17.7 Å². The van der Waals surface area contributed by atoms with Crippen molar-refractivity contribution < 1.29 is 23.9 Å². The second kappa shape index (κ2) is 11.1. The van der Waals surface area contributed by atoms with Gasteiger partial charge in [0.15, 0.2) is 12.4 Å². The Kier molecular flexibility index (Phi) is 8.55. The minimum Gasteiger partial charge on any atom is -0.452 e. The molecule has 0 aliphatic rings. The van der Waals surface area contributed by atoms with Crippen LogP contribution in [0.15, 0.2) is 54.6 Å². The maximum atomic E-state index is 12.1. The summed E-state index contributed by atoms with van der Waals surface area (Å²) in [7, 11) is 0. The third-order valence-electron chi connectivity index (χ3n) is 4.22. The number of carbonyl (C=O) groups excluding carboxylic acids is 3. The molecule has 2 aromatic rings. The molecule has 0 fully saturated rings. The van der Waals surface area contributed by atoms with Crippen molar-refractivity contribution in [2.24, 2.45) is 0 Å². The van der Waals surface area contributed by atoms with Gasteiger partial charge in [0.05, 0.1) is 24.3 Å². The number of hydrogen-bond acceptors (Lipinski definition) is 5. The molecule has 0 aliphatic heterocycles. The molecule has 1 atom stereocenters. The smallest absolute Gasteiger partial charge is 0.338 e. The summed E-state index contributed by atoms with van der Waals surface area (Å²) in [4.78, 5) is 36.1. The highest BCUT2D eigenvalue weighted by atomic mass is 16.5. The third-order valence-corrected chi connectivity index (χ3v) is 4.22. The molecule has 0 unspecified atom stereocenters. The highest BCUT2D eigenvalue weighted by Crippen LogP contribution is 2.09. The lowest BCUT2D eigenvalue weighted by Crippen LogP contribution is -2.43. The summed E-state index contributed by atoms with van der Waals surface area (Å²) in [6, 6.07) is 15.6. The van der Waals surface area contributed by atoms with Gasteiger partial charge in [-0.2, -0.15) is 0 Å². The van der Waals surface area contributed by atoms with E-state index in [1.807, 2.05) is 44.2 Å². The number of nitrogens with one attached hydrogen (secondary N) is 1. The van der Waals surface area contributed by atoms with E-state index >= 15 is 0 Å². The van der Waals surface area contributed by atoms with E-state index in [4.69, 9.17) is 9.47 Å². The molecule has 29 heavy (non-hydrogen) atoms. The zero-order valence-electron chi connectivity index (χ0n) is 17.0. The molecule has 6 nitrogen and oxygen atoms in total. The lowest BCUT2D eigenvalue weighted by Gasteiger charge is -2.16. The highest BCUT2D eigenvalue weighted by Gasteiger charge is 2.19. The molecule has 1 amide bonds. The second-order valence-corrected chi connectivity index (χ2v) is 7.05.